The second kappa shape index (κ2) is 11.5. The van der Waals surface area contributed by atoms with Crippen LogP contribution >= 0.6 is 24.0 Å². The van der Waals surface area contributed by atoms with E-state index in [1.54, 1.807) is 29.3 Å². The number of hydrogen-bond acceptors (Lipinski definition) is 7. The molecule has 2 aromatic carbocycles. The number of thiocarbonyl (C=S) groups is 1. The Morgan fingerprint density at radius 3 is 2.41 bits per heavy atom. The van der Waals surface area contributed by atoms with Crippen molar-refractivity contribution in [3.63, 3.8) is 0 Å². The van der Waals surface area contributed by atoms with Gasteiger partial charge in [-0.25, -0.2) is 9.37 Å². The largest absolute Gasteiger partial charge is 0.366 e. The van der Waals surface area contributed by atoms with Gasteiger partial charge in [0.25, 0.3) is 11.5 Å². The van der Waals surface area contributed by atoms with Crippen LogP contribution in [0.15, 0.2) is 82.6 Å². The number of halogens is 1. The highest BCUT2D eigenvalue weighted by Gasteiger charge is 2.33. The summed E-state index contributed by atoms with van der Waals surface area (Å²) in [6.45, 7) is 4.60. The highest BCUT2D eigenvalue weighted by Crippen LogP contribution is 2.34. The Hall–Kier alpha value is -4.02. The van der Waals surface area contributed by atoms with E-state index in [1.807, 2.05) is 65.3 Å². The molecule has 0 bridgehead atoms. The lowest BCUT2D eigenvalue weighted by Crippen LogP contribution is -2.47. The Labute approximate surface area is 246 Å². The number of amides is 1. The predicted molar refractivity (Wildman–Crippen MR) is 167 cm³/mol. The van der Waals surface area contributed by atoms with Crippen molar-refractivity contribution in [3.8, 4) is 0 Å². The van der Waals surface area contributed by atoms with Crippen molar-refractivity contribution in [3.05, 3.63) is 111 Å². The van der Waals surface area contributed by atoms with E-state index >= 15 is 0 Å². The standard InChI is InChI=1S/C31H28FN5O2S2/c1-21-8-7-14-36-27(21)33-28(35-18-16-34(17-19-35)25-12-6-5-11-24(25)32)23(29(36)38)20-26-30(39)37(31(40)41-26)15-13-22-9-3-2-4-10-22/h2-12,14,20H,13,15-19H2,1H3/b26-20+. The highest BCUT2D eigenvalue weighted by molar-refractivity contribution is 8.26. The highest BCUT2D eigenvalue weighted by atomic mass is 32.2. The fourth-order valence-electron chi connectivity index (χ4n) is 5.24. The van der Waals surface area contributed by atoms with Gasteiger partial charge in [-0.15, -0.1) is 0 Å². The minimum absolute atomic E-state index is 0.208. The third kappa shape index (κ3) is 5.37. The van der Waals surface area contributed by atoms with Crippen LogP contribution in [0, 0.1) is 12.7 Å². The molecular weight excluding hydrogens is 558 g/mol. The number of piperazine rings is 1. The minimum Gasteiger partial charge on any atom is -0.366 e. The number of pyridine rings is 1. The Kier molecular flexibility index (Phi) is 7.59. The van der Waals surface area contributed by atoms with Gasteiger partial charge in [0.1, 0.15) is 21.6 Å². The van der Waals surface area contributed by atoms with Crippen molar-refractivity contribution >= 4 is 57.4 Å². The van der Waals surface area contributed by atoms with Crippen LogP contribution in [0.4, 0.5) is 15.9 Å². The van der Waals surface area contributed by atoms with Crippen LogP contribution in [0.25, 0.3) is 11.7 Å². The van der Waals surface area contributed by atoms with Crippen molar-refractivity contribution in [2.45, 2.75) is 13.3 Å². The summed E-state index contributed by atoms with van der Waals surface area (Å²) in [5.74, 6) is 0.0562. The first kappa shape index (κ1) is 27.2. The molecule has 2 fully saturated rings. The second-order valence-electron chi connectivity index (χ2n) is 10.0. The molecule has 208 valence electrons. The van der Waals surface area contributed by atoms with Gasteiger partial charge in [0.2, 0.25) is 0 Å². The first-order chi connectivity index (χ1) is 19.9. The Balaban J connectivity index is 1.33. The molecule has 0 unspecified atom stereocenters. The van der Waals surface area contributed by atoms with E-state index in [0.29, 0.717) is 71.1 Å². The molecule has 4 heterocycles. The molecule has 0 N–H and O–H groups in total. The molecular formula is C31H28FN5O2S2. The quantitative estimate of drug-likeness (QED) is 0.235. The number of rotatable bonds is 6. The van der Waals surface area contributed by atoms with Crippen molar-refractivity contribution in [1.29, 1.82) is 0 Å². The Morgan fingerprint density at radius 1 is 0.951 bits per heavy atom. The molecule has 0 aliphatic carbocycles. The van der Waals surface area contributed by atoms with Gasteiger partial charge in [0, 0.05) is 38.9 Å². The number of benzene rings is 2. The zero-order valence-electron chi connectivity index (χ0n) is 22.5. The number of anilines is 2. The number of fused-ring (bicyclic) bond motifs is 1. The van der Waals surface area contributed by atoms with E-state index in [-0.39, 0.29) is 17.3 Å². The molecule has 2 saturated heterocycles. The van der Waals surface area contributed by atoms with E-state index in [0.717, 1.165) is 11.1 Å². The van der Waals surface area contributed by atoms with Crippen LogP contribution in [-0.2, 0) is 11.2 Å². The molecule has 4 aromatic rings. The molecule has 0 radical (unpaired) electrons. The number of nitrogens with zero attached hydrogens (tertiary/aromatic N) is 5. The van der Waals surface area contributed by atoms with E-state index in [1.165, 1.54) is 22.2 Å². The van der Waals surface area contributed by atoms with Gasteiger partial charge >= 0.3 is 0 Å². The summed E-state index contributed by atoms with van der Waals surface area (Å²) in [6, 6.07) is 20.4. The fourth-order valence-corrected chi connectivity index (χ4v) is 6.53. The summed E-state index contributed by atoms with van der Waals surface area (Å²) >= 11 is 6.77. The summed E-state index contributed by atoms with van der Waals surface area (Å²) < 4.78 is 16.4. The van der Waals surface area contributed by atoms with E-state index in [2.05, 4.69) is 0 Å². The monoisotopic (exact) mass is 585 g/mol. The van der Waals surface area contributed by atoms with E-state index < -0.39 is 0 Å². The summed E-state index contributed by atoms with van der Waals surface area (Å²) in [6.07, 6.45) is 4.02. The second-order valence-corrected chi connectivity index (χ2v) is 11.7. The molecule has 2 aromatic heterocycles. The van der Waals surface area contributed by atoms with Gasteiger partial charge in [-0.2, -0.15) is 0 Å². The predicted octanol–water partition coefficient (Wildman–Crippen LogP) is 4.91. The number of aryl methyl sites for hydroxylation is 1. The summed E-state index contributed by atoms with van der Waals surface area (Å²) in [4.78, 5) is 38.3. The molecule has 7 nitrogen and oxygen atoms in total. The van der Waals surface area contributed by atoms with E-state index in [4.69, 9.17) is 17.2 Å². The lowest BCUT2D eigenvalue weighted by molar-refractivity contribution is -0.122. The summed E-state index contributed by atoms with van der Waals surface area (Å²) in [5.41, 5.74) is 3.21. The third-order valence-electron chi connectivity index (χ3n) is 7.45. The first-order valence-electron chi connectivity index (χ1n) is 13.5. The molecule has 0 atom stereocenters. The number of thioether (sulfide) groups is 1. The average Bonchev–Trinajstić information content (AvgIpc) is 3.26. The van der Waals surface area contributed by atoms with Gasteiger partial charge in [-0.3, -0.25) is 18.9 Å². The number of hydrogen-bond donors (Lipinski definition) is 0. The Bertz CT molecular complexity index is 1730. The van der Waals surface area contributed by atoms with Crippen LogP contribution < -0.4 is 15.4 Å². The van der Waals surface area contributed by atoms with Gasteiger partial charge < -0.3 is 9.80 Å². The van der Waals surface area contributed by atoms with Crippen molar-refractivity contribution in [1.82, 2.24) is 14.3 Å². The van der Waals surface area contributed by atoms with Crippen LogP contribution in [-0.4, -0.2) is 57.2 Å². The maximum atomic E-state index is 14.4. The van der Waals surface area contributed by atoms with Gasteiger partial charge in [0.15, 0.2) is 0 Å². The smallest absolute Gasteiger partial charge is 0.267 e. The average molecular weight is 586 g/mol. The zero-order valence-corrected chi connectivity index (χ0v) is 24.1. The molecule has 41 heavy (non-hydrogen) atoms. The first-order valence-corrected chi connectivity index (χ1v) is 14.7. The summed E-state index contributed by atoms with van der Waals surface area (Å²) in [5, 5.41) is 0. The minimum atomic E-state index is -0.256. The van der Waals surface area contributed by atoms with Gasteiger partial charge in [-0.05, 0) is 48.7 Å². The van der Waals surface area contributed by atoms with Crippen LogP contribution in [0.1, 0.15) is 16.7 Å². The normalized spacial score (nSPS) is 16.8. The van der Waals surface area contributed by atoms with Crippen LogP contribution in [0.2, 0.25) is 0 Å². The number of aromatic nitrogens is 2. The Morgan fingerprint density at radius 2 is 1.66 bits per heavy atom. The molecule has 2 aliphatic rings. The topological polar surface area (TPSA) is 61.2 Å². The lowest BCUT2D eigenvalue weighted by Gasteiger charge is -2.37. The maximum Gasteiger partial charge on any atom is 0.267 e. The fraction of sp³-hybridized carbons (Fsp3) is 0.226. The lowest BCUT2D eigenvalue weighted by atomic mass is 10.1. The maximum absolute atomic E-state index is 14.4. The van der Waals surface area contributed by atoms with E-state index in [9.17, 15) is 14.0 Å². The molecule has 10 heteroatoms. The number of carbonyl (C=O) groups is 1. The summed E-state index contributed by atoms with van der Waals surface area (Å²) in [7, 11) is 0. The van der Waals surface area contributed by atoms with Gasteiger partial charge in [-0.1, -0.05) is 72.5 Å². The number of carbonyl (C=O) groups excluding carboxylic acids is 1. The molecule has 1 amide bonds. The van der Waals surface area contributed by atoms with Crippen molar-refractivity contribution in [2.24, 2.45) is 0 Å². The van der Waals surface area contributed by atoms with Crippen LogP contribution in [0.3, 0.4) is 0 Å². The third-order valence-corrected chi connectivity index (χ3v) is 8.83. The zero-order chi connectivity index (χ0) is 28.5. The van der Waals surface area contributed by atoms with Crippen molar-refractivity contribution in [2.75, 3.05) is 42.5 Å². The van der Waals surface area contributed by atoms with Crippen LogP contribution in [0.5, 0.6) is 0 Å². The molecule has 0 spiro atoms. The number of para-hydroxylation sites is 1. The molecule has 6 rings (SSSR count). The SMILES string of the molecule is Cc1cccn2c(=O)c(/C=C3/SC(=S)N(CCc4ccccc4)C3=O)c(N3CCN(c4ccccc4F)CC3)nc12. The molecule has 0 saturated carbocycles. The molecule has 2 aliphatic heterocycles. The van der Waals surface area contributed by atoms with Crippen molar-refractivity contribution < 1.29 is 9.18 Å². The van der Waals surface area contributed by atoms with Gasteiger partial charge in [0.05, 0.1) is 16.2 Å².